The SMILES string of the molecule is c1ccc(-n2c3ccccc3c3cnc4c5ccccc5n(-c5ncccn5)c4c32)cc1. The van der Waals surface area contributed by atoms with Gasteiger partial charge >= 0.3 is 0 Å². The first kappa shape index (κ1) is 17.2. The Morgan fingerprint density at radius 2 is 1.16 bits per heavy atom. The number of hydrogen-bond acceptors (Lipinski definition) is 3. The largest absolute Gasteiger partial charge is 0.307 e. The standard InChI is InChI=1S/C27H17N5/c1-2-9-18(10-3-1)31-22-13-6-4-11-19(22)21-17-30-24-20-12-5-7-14-23(20)32(26(24)25(21)31)27-28-15-8-16-29-27/h1-17H. The Kier molecular flexibility index (Phi) is 3.49. The molecule has 0 atom stereocenters. The normalized spacial score (nSPS) is 11.8. The van der Waals surface area contributed by atoms with Crippen LogP contribution in [0, 0.1) is 0 Å². The smallest absolute Gasteiger partial charge is 0.234 e. The molecule has 3 aromatic carbocycles. The topological polar surface area (TPSA) is 48.5 Å². The summed E-state index contributed by atoms with van der Waals surface area (Å²) in [5.41, 5.74) is 6.35. The Labute approximate surface area is 183 Å². The number of aromatic nitrogens is 5. The minimum atomic E-state index is 0.637. The second kappa shape index (κ2) is 6.49. The van der Waals surface area contributed by atoms with Gasteiger partial charge in [0.2, 0.25) is 5.95 Å². The fourth-order valence-corrected chi connectivity index (χ4v) is 4.79. The average molecular weight is 411 g/mol. The molecule has 0 unspecified atom stereocenters. The Hall–Kier alpha value is -4.51. The molecule has 0 spiro atoms. The van der Waals surface area contributed by atoms with Gasteiger partial charge in [-0.1, -0.05) is 54.6 Å². The van der Waals surface area contributed by atoms with Gasteiger partial charge in [0.1, 0.15) is 5.52 Å². The van der Waals surface area contributed by atoms with Crippen molar-refractivity contribution in [3.05, 3.63) is 104 Å². The molecule has 0 bridgehead atoms. The zero-order valence-corrected chi connectivity index (χ0v) is 17.1. The molecule has 7 rings (SSSR count). The third-order valence-electron chi connectivity index (χ3n) is 6.08. The number of hydrogen-bond donors (Lipinski definition) is 0. The van der Waals surface area contributed by atoms with Gasteiger partial charge in [0, 0.05) is 40.4 Å². The highest BCUT2D eigenvalue weighted by Crippen LogP contribution is 2.39. The van der Waals surface area contributed by atoms with Crippen molar-refractivity contribution in [3.63, 3.8) is 0 Å². The second-order valence-corrected chi connectivity index (χ2v) is 7.81. The fourth-order valence-electron chi connectivity index (χ4n) is 4.79. The lowest BCUT2D eigenvalue weighted by atomic mass is 10.2. The van der Waals surface area contributed by atoms with Crippen LogP contribution in [0.15, 0.2) is 104 Å². The lowest BCUT2D eigenvalue weighted by molar-refractivity contribution is 0.987. The molecule has 0 aliphatic heterocycles. The number of para-hydroxylation sites is 3. The number of pyridine rings is 1. The summed E-state index contributed by atoms with van der Waals surface area (Å²) < 4.78 is 4.46. The van der Waals surface area contributed by atoms with Crippen LogP contribution in [-0.2, 0) is 0 Å². The molecule has 32 heavy (non-hydrogen) atoms. The van der Waals surface area contributed by atoms with Crippen molar-refractivity contribution < 1.29 is 0 Å². The minimum absolute atomic E-state index is 0.637. The predicted octanol–water partition coefficient (Wildman–Crippen LogP) is 6.07. The third-order valence-corrected chi connectivity index (χ3v) is 6.08. The molecule has 0 aliphatic carbocycles. The van der Waals surface area contributed by atoms with Crippen LogP contribution in [0.3, 0.4) is 0 Å². The van der Waals surface area contributed by atoms with E-state index in [9.17, 15) is 0 Å². The van der Waals surface area contributed by atoms with Gasteiger partial charge in [0.15, 0.2) is 0 Å². The molecule has 5 nitrogen and oxygen atoms in total. The average Bonchev–Trinajstić information content (AvgIpc) is 3.38. The van der Waals surface area contributed by atoms with E-state index in [1.165, 1.54) is 5.39 Å². The van der Waals surface area contributed by atoms with Gasteiger partial charge in [0.25, 0.3) is 0 Å². The zero-order valence-electron chi connectivity index (χ0n) is 17.1. The Morgan fingerprint density at radius 1 is 0.500 bits per heavy atom. The summed E-state index contributed by atoms with van der Waals surface area (Å²) >= 11 is 0. The highest BCUT2D eigenvalue weighted by molar-refractivity contribution is 6.22. The molecule has 5 heteroatoms. The van der Waals surface area contributed by atoms with Gasteiger partial charge in [-0.25, -0.2) is 9.97 Å². The summed E-state index contributed by atoms with van der Waals surface area (Å²) in [4.78, 5) is 14.1. The van der Waals surface area contributed by atoms with Gasteiger partial charge in [-0.05, 0) is 30.3 Å². The molecule has 0 fully saturated rings. The van der Waals surface area contributed by atoms with Crippen LogP contribution in [0.5, 0.6) is 0 Å². The lowest BCUT2D eigenvalue weighted by Gasteiger charge is -2.10. The van der Waals surface area contributed by atoms with E-state index in [1.807, 2.05) is 24.4 Å². The number of fused-ring (bicyclic) bond motifs is 7. The van der Waals surface area contributed by atoms with Crippen molar-refractivity contribution in [2.45, 2.75) is 0 Å². The van der Waals surface area contributed by atoms with Crippen molar-refractivity contribution in [1.82, 2.24) is 24.1 Å². The van der Waals surface area contributed by atoms with E-state index in [4.69, 9.17) is 4.98 Å². The van der Waals surface area contributed by atoms with Crippen LogP contribution in [0.25, 0.3) is 55.4 Å². The maximum atomic E-state index is 4.95. The molecule has 0 amide bonds. The van der Waals surface area contributed by atoms with Gasteiger partial charge in [0.05, 0.1) is 22.1 Å². The first-order valence-electron chi connectivity index (χ1n) is 10.6. The molecule has 0 N–H and O–H groups in total. The van der Waals surface area contributed by atoms with Crippen LogP contribution in [0.2, 0.25) is 0 Å². The van der Waals surface area contributed by atoms with E-state index in [0.29, 0.717) is 5.95 Å². The first-order chi connectivity index (χ1) is 15.9. The molecule has 0 aliphatic rings. The van der Waals surface area contributed by atoms with Gasteiger partial charge in [-0.15, -0.1) is 0 Å². The quantitative estimate of drug-likeness (QED) is 0.347. The Morgan fingerprint density at radius 3 is 1.94 bits per heavy atom. The van der Waals surface area contributed by atoms with Crippen molar-refractivity contribution >= 4 is 43.7 Å². The lowest BCUT2D eigenvalue weighted by Crippen LogP contribution is -2.02. The first-order valence-corrected chi connectivity index (χ1v) is 10.6. The fraction of sp³-hybridized carbons (Fsp3) is 0. The summed E-state index contributed by atoms with van der Waals surface area (Å²) in [7, 11) is 0. The molecule has 0 saturated carbocycles. The molecular weight excluding hydrogens is 394 g/mol. The monoisotopic (exact) mass is 411 g/mol. The number of nitrogens with zero attached hydrogens (tertiary/aromatic N) is 5. The zero-order chi connectivity index (χ0) is 21.1. The van der Waals surface area contributed by atoms with Crippen molar-refractivity contribution in [2.75, 3.05) is 0 Å². The highest BCUT2D eigenvalue weighted by Gasteiger charge is 2.22. The van der Waals surface area contributed by atoms with Crippen molar-refractivity contribution in [2.24, 2.45) is 0 Å². The molecule has 4 heterocycles. The molecule has 150 valence electrons. The Balaban J connectivity index is 1.81. The van der Waals surface area contributed by atoms with Gasteiger partial charge in [-0.3, -0.25) is 9.55 Å². The van der Waals surface area contributed by atoms with Crippen LogP contribution in [0.1, 0.15) is 0 Å². The highest BCUT2D eigenvalue weighted by atomic mass is 15.2. The number of benzene rings is 3. The van der Waals surface area contributed by atoms with Crippen LogP contribution >= 0.6 is 0 Å². The third kappa shape index (κ3) is 2.25. The van der Waals surface area contributed by atoms with Gasteiger partial charge < -0.3 is 4.57 Å². The Bertz CT molecular complexity index is 1630. The molecule has 7 aromatic rings. The van der Waals surface area contributed by atoms with Gasteiger partial charge in [-0.2, -0.15) is 0 Å². The van der Waals surface area contributed by atoms with Crippen LogP contribution < -0.4 is 0 Å². The second-order valence-electron chi connectivity index (χ2n) is 7.81. The molecule has 4 aromatic heterocycles. The maximum Gasteiger partial charge on any atom is 0.234 e. The summed E-state index contributed by atoms with van der Waals surface area (Å²) in [5.74, 6) is 0.637. The molecule has 0 radical (unpaired) electrons. The van der Waals surface area contributed by atoms with E-state index >= 15 is 0 Å². The summed E-state index contributed by atoms with van der Waals surface area (Å²) in [5, 5.41) is 3.37. The predicted molar refractivity (Wildman–Crippen MR) is 129 cm³/mol. The van der Waals surface area contributed by atoms with Crippen LogP contribution in [-0.4, -0.2) is 24.1 Å². The molecular formula is C27H17N5. The van der Waals surface area contributed by atoms with E-state index in [1.54, 1.807) is 12.4 Å². The van der Waals surface area contributed by atoms with Crippen LogP contribution in [0.4, 0.5) is 0 Å². The maximum absolute atomic E-state index is 4.95. The van der Waals surface area contributed by atoms with E-state index < -0.39 is 0 Å². The summed E-state index contributed by atoms with van der Waals surface area (Å²) in [6.45, 7) is 0. The molecule has 0 saturated heterocycles. The summed E-state index contributed by atoms with van der Waals surface area (Å²) in [6, 6.07) is 29.1. The van der Waals surface area contributed by atoms with Crippen molar-refractivity contribution in [1.29, 1.82) is 0 Å². The van der Waals surface area contributed by atoms with E-state index in [0.717, 1.165) is 44.0 Å². The number of rotatable bonds is 2. The summed E-state index contributed by atoms with van der Waals surface area (Å²) in [6.07, 6.45) is 5.56. The van der Waals surface area contributed by atoms with Crippen molar-refractivity contribution in [3.8, 4) is 11.6 Å². The van der Waals surface area contributed by atoms with E-state index in [2.05, 4.69) is 85.8 Å². The minimum Gasteiger partial charge on any atom is -0.307 e. The van der Waals surface area contributed by atoms with E-state index in [-0.39, 0.29) is 0 Å².